The van der Waals surface area contributed by atoms with Crippen LogP contribution in [0.4, 0.5) is 13.2 Å². The Bertz CT molecular complexity index is 391. The third-order valence-electron chi connectivity index (χ3n) is 2.25. The van der Waals surface area contributed by atoms with Crippen molar-refractivity contribution in [1.82, 2.24) is 0 Å². The van der Waals surface area contributed by atoms with E-state index in [9.17, 15) is 18.0 Å². The highest BCUT2D eigenvalue weighted by atomic mass is 19.3. The Morgan fingerprint density at radius 1 is 1.41 bits per heavy atom. The van der Waals surface area contributed by atoms with E-state index in [2.05, 4.69) is 4.74 Å². The van der Waals surface area contributed by atoms with Gasteiger partial charge in [0.05, 0.1) is 6.61 Å². The van der Waals surface area contributed by atoms with Crippen LogP contribution in [0.3, 0.4) is 0 Å². The zero-order chi connectivity index (χ0) is 12.8. The van der Waals surface area contributed by atoms with Crippen molar-refractivity contribution in [3.63, 3.8) is 0 Å². The molecule has 0 fully saturated rings. The van der Waals surface area contributed by atoms with Gasteiger partial charge in [0.25, 0.3) is 6.43 Å². The minimum Gasteiger partial charge on any atom is -0.466 e. The van der Waals surface area contributed by atoms with Crippen molar-refractivity contribution in [1.29, 1.82) is 0 Å². The minimum absolute atomic E-state index is 0.0131. The van der Waals surface area contributed by atoms with Crippen LogP contribution in [0.5, 0.6) is 0 Å². The molecule has 1 aromatic rings. The number of rotatable bonds is 5. The Hall–Kier alpha value is -1.52. The molecule has 0 aliphatic rings. The average Bonchev–Trinajstić information content (AvgIpc) is 2.27. The lowest BCUT2D eigenvalue weighted by Crippen LogP contribution is -2.06. The number of hydrogen-bond acceptors (Lipinski definition) is 2. The molecule has 1 aromatic carbocycles. The molecule has 0 atom stereocenters. The van der Waals surface area contributed by atoms with Gasteiger partial charge in [0.1, 0.15) is 5.82 Å². The van der Waals surface area contributed by atoms with Gasteiger partial charge in [0.2, 0.25) is 0 Å². The number of benzene rings is 1. The molecule has 0 aliphatic heterocycles. The van der Waals surface area contributed by atoms with Crippen molar-refractivity contribution in [3.05, 3.63) is 35.1 Å². The summed E-state index contributed by atoms with van der Waals surface area (Å²) < 4.78 is 42.7. The number of ether oxygens (including phenoxy) is 1. The first-order chi connectivity index (χ1) is 8.04. The summed E-state index contributed by atoms with van der Waals surface area (Å²) >= 11 is 0. The standard InChI is InChI=1S/C12H13F3O2/c1-2-17-11(16)6-4-8-3-5-9(13)7-10(8)12(14)15/h3,5,7,12H,2,4,6H2,1H3. The van der Waals surface area contributed by atoms with E-state index in [4.69, 9.17) is 0 Å². The molecule has 0 spiro atoms. The summed E-state index contributed by atoms with van der Waals surface area (Å²) in [6.45, 7) is 1.92. The highest BCUT2D eigenvalue weighted by Crippen LogP contribution is 2.24. The molecule has 0 aliphatic carbocycles. The van der Waals surface area contributed by atoms with Crippen LogP contribution in [0.25, 0.3) is 0 Å². The Kier molecular flexibility index (Phi) is 5.00. The SMILES string of the molecule is CCOC(=O)CCc1ccc(F)cc1C(F)F. The molecule has 0 saturated carbocycles. The zero-order valence-electron chi connectivity index (χ0n) is 9.38. The minimum atomic E-state index is -2.75. The fourth-order valence-corrected chi connectivity index (χ4v) is 1.47. The lowest BCUT2D eigenvalue weighted by atomic mass is 10.0. The van der Waals surface area contributed by atoms with Crippen molar-refractivity contribution < 1.29 is 22.7 Å². The summed E-state index contributed by atoms with van der Waals surface area (Å²) in [5.74, 6) is -1.16. The molecular formula is C12H13F3O2. The summed E-state index contributed by atoms with van der Waals surface area (Å²) in [5, 5.41) is 0. The van der Waals surface area contributed by atoms with E-state index >= 15 is 0 Å². The molecule has 0 bridgehead atoms. The second-order valence-corrected chi connectivity index (χ2v) is 3.45. The summed E-state index contributed by atoms with van der Waals surface area (Å²) in [4.78, 5) is 11.1. The van der Waals surface area contributed by atoms with Gasteiger partial charge in [-0.25, -0.2) is 13.2 Å². The summed E-state index contributed by atoms with van der Waals surface area (Å²) in [7, 11) is 0. The van der Waals surface area contributed by atoms with E-state index in [1.807, 2.05) is 0 Å². The monoisotopic (exact) mass is 246 g/mol. The van der Waals surface area contributed by atoms with Crippen LogP contribution >= 0.6 is 0 Å². The highest BCUT2D eigenvalue weighted by molar-refractivity contribution is 5.69. The topological polar surface area (TPSA) is 26.3 Å². The largest absolute Gasteiger partial charge is 0.466 e. The van der Waals surface area contributed by atoms with E-state index in [0.717, 1.165) is 12.1 Å². The number of aryl methyl sites for hydroxylation is 1. The van der Waals surface area contributed by atoms with E-state index in [0.29, 0.717) is 0 Å². The van der Waals surface area contributed by atoms with Crippen LogP contribution in [0.2, 0.25) is 0 Å². The zero-order valence-corrected chi connectivity index (χ0v) is 9.38. The second kappa shape index (κ2) is 6.27. The Balaban J connectivity index is 2.73. The van der Waals surface area contributed by atoms with Crippen LogP contribution in [0.1, 0.15) is 30.9 Å². The average molecular weight is 246 g/mol. The van der Waals surface area contributed by atoms with Crippen LogP contribution in [-0.4, -0.2) is 12.6 Å². The van der Waals surface area contributed by atoms with Crippen molar-refractivity contribution >= 4 is 5.97 Å². The number of esters is 1. The molecule has 0 radical (unpaired) electrons. The van der Waals surface area contributed by atoms with Gasteiger partial charge in [-0.3, -0.25) is 4.79 Å². The van der Waals surface area contributed by atoms with Gasteiger partial charge in [0.15, 0.2) is 0 Å². The van der Waals surface area contributed by atoms with Gasteiger partial charge in [-0.05, 0) is 31.0 Å². The van der Waals surface area contributed by atoms with Crippen molar-refractivity contribution in [2.24, 2.45) is 0 Å². The predicted molar refractivity (Wildman–Crippen MR) is 56.3 cm³/mol. The predicted octanol–water partition coefficient (Wildman–Crippen LogP) is 3.26. The number of hydrogen-bond donors (Lipinski definition) is 0. The van der Waals surface area contributed by atoms with Gasteiger partial charge in [-0.15, -0.1) is 0 Å². The molecular weight excluding hydrogens is 233 g/mol. The van der Waals surface area contributed by atoms with Crippen LogP contribution < -0.4 is 0 Å². The van der Waals surface area contributed by atoms with Crippen LogP contribution in [0, 0.1) is 5.82 Å². The first-order valence-electron chi connectivity index (χ1n) is 5.26. The molecule has 0 unspecified atom stereocenters. The lowest BCUT2D eigenvalue weighted by molar-refractivity contribution is -0.143. The normalized spacial score (nSPS) is 10.6. The van der Waals surface area contributed by atoms with E-state index in [1.165, 1.54) is 6.07 Å². The quantitative estimate of drug-likeness (QED) is 0.745. The number of carbonyl (C=O) groups is 1. The molecule has 0 heterocycles. The maximum absolute atomic E-state index is 12.8. The molecule has 17 heavy (non-hydrogen) atoms. The fourth-order valence-electron chi connectivity index (χ4n) is 1.47. The Morgan fingerprint density at radius 3 is 2.71 bits per heavy atom. The molecule has 0 saturated heterocycles. The van der Waals surface area contributed by atoms with Crippen molar-refractivity contribution in [2.75, 3.05) is 6.61 Å². The first kappa shape index (κ1) is 13.5. The van der Waals surface area contributed by atoms with E-state index in [1.54, 1.807) is 6.92 Å². The van der Waals surface area contributed by atoms with Gasteiger partial charge >= 0.3 is 5.97 Å². The number of halogens is 3. The molecule has 2 nitrogen and oxygen atoms in total. The second-order valence-electron chi connectivity index (χ2n) is 3.45. The van der Waals surface area contributed by atoms with Crippen molar-refractivity contribution in [2.45, 2.75) is 26.2 Å². The van der Waals surface area contributed by atoms with E-state index in [-0.39, 0.29) is 30.6 Å². The molecule has 1 rings (SSSR count). The molecule has 5 heteroatoms. The summed E-state index contributed by atoms with van der Waals surface area (Å²) in [5.41, 5.74) is -0.0937. The third kappa shape index (κ3) is 4.09. The Labute approximate surface area is 97.4 Å². The Morgan fingerprint density at radius 2 is 2.12 bits per heavy atom. The maximum atomic E-state index is 12.8. The van der Waals surface area contributed by atoms with Crippen LogP contribution in [0.15, 0.2) is 18.2 Å². The smallest absolute Gasteiger partial charge is 0.306 e. The fraction of sp³-hybridized carbons (Fsp3) is 0.417. The van der Waals surface area contributed by atoms with Crippen LogP contribution in [-0.2, 0) is 16.0 Å². The van der Waals surface area contributed by atoms with Gasteiger partial charge in [-0.1, -0.05) is 6.07 Å². The first-order valence-corrected chi connectivity index (χ1v) is 5.26. The molecule has 0 aromatic heterocycles. The van der Waals surface area contributed by atoms with Gasteiger partial charge in [-0.2, -0.15) is 0 Å². The maximum Gasteiger partial charge on any atom is 0.306 e. The lowest BCUT2D eigenvalue weighted by Gasteiger charge is -2.08. The number of alkyl halides is 2. The number of carbonyl (C=O) groups excluding carboxylic acids is 1. The summed E-state index contributed by atoms with van der Waals surface area (Å²) in [6.07, 6.45) is -2.61. The molecule has 94 valence electrons. The van der Waals surface area contributed by atoms with Crippen molar-refractivity contribution in [3.8, 4) is 0 Å². The highest BCUT2D eigenvalue weighted by Gasteiger charge is 2.15. The molecule has 0 N–H and O–H groups in total. The van der Waals surface area contributed by atoms with Gasteiger partial charge in [0, 0.05) is 12.0 Å². The van der Waals surface area contributed by atoms with E-state index < -0.39 is 18.2 Å². The third-order valence-corrected chi connectivity index (χ3v) is 2.25. The summed E-state index contributed by atoms with van der Waals surface area (Å²) in [6, 6.07) is 3.17. The van der Waals surface area contributed by atoms with Gasteiger partial charge < -0.3 is 4.74 Å². The molecule has 0 amide bonds.